The molecule has 0 saturated heterocycles. The lowest BCUT2D eigenvalue weighted by atomic mass is 10.2. The van der Waals surface area contributed by atoms with E-state index in [4.69, 9.17) is 11.6 Å². The van der Waals surface area contributed by atoms with Crippen LogP contribution in [0.3, 0.4) is 0 Å². The van der Waals surface area contributed by atoms with Crippen LogP contribution >= 0.6 is 11.6 Å². The molecule has 0 spiro atoms. The van der Waals surface area contributed by atoms with Gasteiger partial charge in [-0.05, 0) is 5.92 Å². The molecule has 0 amide bonds. The van der Waals surface area contributed by atoms with E-state index < -0.39 is 0 Å². The lowest BCUT2D eigenvalue weighted by Crippen LogP contribution is -1.84. The Bertz CT molecular complexity index is 23.1. The van der Waals surface area contributed by atoms with Crippen molar-refractivity contribution in [1.82, 2.24) is 0 Å². The van der Waals surface area contributed by atoms with Gasteiger partial charge in [0.25, 0.3) is 0 Å². The van der Waals surface area contributed by atoms with Gasteiger partial charge in [-0.15, -0.1) is 11.6 Å². The Kier molecular flexibility index (Phi) is 3.65. The summed E-state index contributed by atoms with van der Waals surface area (Å²) in [6.07, 6.45) is 1.14. The summed E-state index contributed by atoms with van der Waals surface area (Å²) in [6.45, 7) is 4.20. The fraction of sp³-hybridized carbons (Fsp3) is 0.800. The summed E-state index contributed by atoms with van der Waals surface area (Å²) in [6, 6.07) is 0. The maximum atomic E-state index is 5.33. The van der Waals surface area contributed by atoms with Gasteiger partial charge >= 0.3 is 0 Å². The first-order valence-electron chi connectivity index (χ1n) is 2.24. The van der Waals surface area contributed by atoms with Crippen LogP contribution in [0.15, 0.2) is 0 Å². The molecule has 0 aromatic rings. The largest absolute Gasteiger partial charge is 0.121 e. The van der Waals surface area contributed by atoms with Gasteiger partial charge < -0.3 is 0 Å². The third kappa shape index (κ3) is 2.52. The Labute approximate surface area is 44.5 Å². The van der Waals surface area contributed by atoms with Crippen molar-refractivity contribution in [2.24, 2.45) is 5.92 Å². The third-order valence-electron chi connectivity index (χ3n) is 0.859. The first kappa shape index (κ1) is 6.29. The van der Waals surface area contributed by atoms with Gasteiger partial charge in [0, 0.05) is 0 Å². The van der Waals surface area contributed by atoms with E-state index in [2.05, 4.69) is 13.8 Å². The van der Waals surface area contributed by atoms with Crippen molar-refractivity contribution in [3.63, 3.8) is 0 Å². The number of rotatable bonds is 2. The van der Waals surface area contributed by atoms with Gasteiger partial charge in [-0.1, -0.05) is 20.3 Å². The molecule has 0 aromatic heterocycles. The molecule has 0 aliphatic heterocycles. The Hall–Kier alpha value is 0.290. The van der Waals surface area contributed by atoms with Gasteiger partial charge in [0.15, 0.2) is 0 Å². The standard InChI is InChI=1S/C5H10Cl/c1-3-5(2)4-6/h4-5H,3H2,1-2H3. The first-order valence-corrected chi connectivity index (χ1v) is 2.68. The molecule has 1 unspecified atom stereocenters. The van der Waals surface area contributed by atoms with Crippen molar-refractivity contribution in [2.45, 2.75) is 20.3 Å². The molecule has 0 N–H and O–H groups in total. The van der Waals surface area contributed by atoms with Gasteiger partial charge in [0.1, 0.15) is 0 Å². The first-order chi connectivity index (χ1) is 2.81. The number of hydrogen-bond donors (Lipinski definition) is 0. The van der Waals surface area contributed by atoms with Crippen molar-refractivity contribution >= 4 is 11.6 Å². The topological polar surface area (TPSA) is 0 Å². The maximum Gasteiger partial charge on any atom is 0.0527 e. The molecule has 0 aromatic carbocycles. The van der Waals surface area contributed by atoms with Crippen molar-refractivity contribution in [3.8, 4) is 0 Å². The zero-order valence-corrected chi connectivity index (χ0v) is 5.00. The fourth-order valence-corrected chi connectivity index (χ4v) is 0.267. The molecule has 0 fully saturated rings. The smallest absolute Gasteiger partial charge is 0.0527 e. The van der Waals surface area contributed by atoms with Crippen LogP contribution in [0.2, 0.25) is 0 Å². The van der Waals surface area contributed by atoms with E-state index in [1.165, 1.54) is 0 Å². The van der Waals surface area contributed by atoms with E-state index in [0.717, 1.165) is 6.42 Å². The lowest BCUT2D eigenvalue weighted by molar-refractivity contribution is 0.680. The predicted molar refractivity (Wildman–Crippen MR) is 29.6 cm³/mol. The van der Waals surface area contributed by atoms with Gasteiger partial charge in [0.2, 0.25) is 0 Å². The molecule has 0 heterocycles. The Morgan fingerprint density at radius 3 is 2.33 bits per heavy atom. The van der Waals surface area contributed by atoms with Gasteiger partial charge in [0.05, 0.1) is 5.88 Å². The molecule has 6 heavy (non-hydrogen) atoms. The van der Waals surface area contributed by atoms with E-state index in [1.54, 1.807) is 5.88 Å². The lowest BCUT2D eigenvalue weighted by Gasteiger charge is -1.96. The third-order valence-corrected chi connectivity index (χ3v) is 1.29. The van der Waals surface area contributed by atoms with Crippen LogP contribution in [-0.4, -0.2) is 0 Å². The Morgan fingerprint density at radius 2 is 2.33 bits per heavy atom. The highest BCUT2D eigenvalue weighted by atomic mass is 35.5. The van der Waals surface area contributed by atoms with E-state index in [-0.39, 0.29) is 0 Å². The molecule has 0 saturated carbocycles. The SMILES string of the molecule is CCC(C)[CH]Cl. The minimum atomic E-state index is 0.576. The molecular formula is C5H10Cl. The molecule has 0 aliphatic carbocycles. The molecule has 37 valence electrons. The average Bonchev–Trinajstić information content (AvgIpc) is 1.65. The van der Waals surface area contributed by atoms with E-state index >= 15 is 0 Å². The number of hydrogen-bond acceptors (Lipinski definition) is 0. The summed E-state index contributed by atoms with van der Waals surface area (Å²) < 4.78 is 0. The van der Waals surface area contributed by atoms with Crippen LogP contribution in [0.4, 0.5) is 0 Å². The zero-order chi connectivity index (χ0) is 4.99. The van der Waals surface area contributed by atoms with Gasteiger partial charge in [-0.2, -0.15) is 0 Å². The summed E-state index contributed by atoms with van der Waals surface area (Å²) in [5.74, 6) is 2.27. The molecule has 0 nitrogen and oxygen atoms in total. The zero-order valence-electron chi connectivity index (χ0n) is 4.24. The molecular weight excluding hydrogens is 95.5 g/mol. The normalized spacial score (nSPS) is 14.5. The fourth-order valence-electron chi connectivity index (χ4n) is 0.0891. The van der Waals surface area contributed by atoms with Crippen LogP contribution in [0, 0.1) is 11.8 Å². The predicted octanol–water partition coefficient (Wildman–Crippen LogP) is 2.43. The molecule has 0 bridgehead atoms. The summed E-state index contributed by atoms with van der Waals surface area (Å²) in [7, 11) is 0. The second-order valence-electron chi connectivity index (χ2n) is 1.51. The average molecular weight is 106 g/mol. The monoisotopic (exact) mass is 105 g/mol. The van der Waals surface area contributed by atoms with Crippen LogP contribution in [0.5, 0.6) is 0 Å². The number of halogens is 1. The van der Waals surface area contributed by atoms with Gasteiger partial charge in [-0.3, -0.25) is 0 Å². The minimum Gasteiger partial charge on any atom is -0.121 e. The summed E-state index contributed by atoms with van der Waals surface area (Å²) in [5.41, 5.74) is 0. The van der Waals surface area contributed by atoms with Crippen LogP contribution in [-0.2, 0) is 0 Å². The molecule has 1 atom stereocenters. The van der Waals surface area contributed by atoms with Crippen molar-refractivity contribution in [1.29, 1.82) is 0 Å². The quantitative estimate of drug-likeness (QED) is 0.506. The van der Waals surface area contributed by atoms with Crippen LogP contribution in [0.25, 0.3) is 0 Å². The van der Waals surface area contributed by atoms with Crippen molar-refractivity contribution in [3.05, 3.63) is 5.88 Å². The molecule has 1 heteroatoms. The van der Waals surface area contributed by atoms with Crippen molar-refractivity contribution < 1.29 is 0 Å². The second kappa shape index (κ2) is 3.48. The van der Waals surface area contributed by atoms with Crippen LogP contribution < -0.4 is 0 Å². The summed E-state index contributed by atoms with van der Waals surface area (Å²) >= 11 is 5.33. The van der Waals surface area contributed by atoms with Crippen LogP contribution in [0.1, 0.15) is 20.3 Å². The Balaban J connectivity index is 2.75. The van der Waals surface area contributed by atoms with Gasteiger partial charge in [-0.25, -0.2) is 0 Å². The van der Waals surface area contributed by atoms with E-state index in [0.29, 0.717) is 5.92 Å². The van der Waals surface area contributed by atoms with E-state index in [1.807, 2.05) is 0 Å². The van der Waals surface area contributed by atoms with Crippen molar-refractivity contribution in [2.75, 3.05) is 0 Å². The molecule has 0 rings (SSSR count). The molecule has 1 radical (unpaired) electrons. The highest BCUT2D eigenvalue weighted by Crippen LogP contribution is 2.06. The summed E-state index contributed by atoms with van der Waals surface area (Å²) in [5, 5.41) is 0. The minimum absolute atomic E-state index is 0.576. The second-order valence-corrected chi connectivity index (χ2v) is 1.76. The summed E-state index contributed by atoms with van der Waals surface area (Å²) in [4.78, 5) is 0. The van der Waals surface area contributed by atoms with E-state index in [9.17, 15) is 0 Å². The highest BCUT2D eigenvalue weighted by Gasteiger charge is 1.91. The molecule has 0 aliphatic rings. The maximum absolute atomic E-state index is 5.33. The highest BCUT2D eigenvalue weighted by molar-refractivity contribution is 6.23. The Morgan fingerprint density at radius 1 is 1.83 bits per heavy atom.